The highest BCUT2D eigenvalue weighted by Gasteiger charge is 2.15. The van der Waals surface area contributed by atoms with Gasteiger partial charge in [-0.1, -0.05) is 71.7 Å². The minimum absolute atomic E-state index is 0.00637. The fraction of sp³-hybridized carbons (Fsp3) is 0.152. The number of methoxy groups -OCH3 is 1. The second kappa shape index (κ2) is 13.0. The Kier molecular flexibility index (Phi) is 9.20. The zero-order valence-electron chi connectivity index (χ0n) is 23.6. The number of sulfonamides is 1. The first-order chi connectivity index (χ1) is 20.6. The Morgan fingerprint density at radius 1 is 0.907 bits per heavy atom. The highest BCUT2D eigenvalue weighted by atomic mass is 35.5. The third-order valence-corrected chi connectivity index (χ3v) is 8.81. The molecule has 1 heterocycles. The van der Waals surface area contributed by atoms with Gasteiger partial charge in [-0.15, -0.1) is 0 Å². The SMILES string of the molecule is CCS(=O)(=O)Nc1cccc(-c2ccc(Cc3nc(-c4ccc(Cl)cc4Cl)cn3Cc3ccc(C(=O)OC)cc3)cc2)c1. The maximum Gasteiger partial charge on any atom is 0.337 e. The minimum Gasteiger partial charge on any atom is -0.465 e. The molecule has 4 aromatic carbocycles. The Bertz CT molecular complexity index is 1870. The molecule has 43 heavy (non-hydrogen) atoms. The van der Waals surface area contributed by atoms with Crippen molar-refractivity contribution >= 4 is 44.9 Å². The minimum atomic E-state index is -3.36. The number of aromatic nitrogens is 2. The van der Waals surface area contributed by atoms with Crippen LogP contribution in [0, 0.1) is 0 Å². The summed E-state index contributed by atoms with van der Waals surface area (Å²) in [4.78, 5) is 16.8. The first kappa shape index (κ1) is 30.4. The Morgan fingerprint density at radius 3 is 2.30 bits per heavy atom. The van der Waals surface area contributed by atoms with Crippen molar-refractivity contribution in [1.82, 2.24) is 9.55 Å². The van der Waals surface area contributed by atoms with Crippen molar-refractivity contribution in [2.24, 2.45) is 0 Å². The molecule has 7 nitrogen and oxygen atoms in total. The molecule has 0 aliphatic carbocycles. The standard InChI is InChI=1S/C33H29Cl2N3O4S/c1-3-43(40,41)37-28-6-4-5-26(18-28)24-11-7-22(8-12-24)17-32-36-31(29-16-15-27(34)19-30(29)35)21-38(32)20-23-9-13-25(14-10-23)33(39)42-2/h4-16,18-19,21,37H,3,17,20H2,1-2H3. The molecule has 0 aliphatic rings. The van der Waals surface area contributed by atoms with E-state index in [9.17, 15) is 13.2 Å². The zero-order valence-corrected chi connectivity index (χ0v) is 25.9. The molecule has 220 valence electrons. The van der Waals surface area contributed by atoms with Gasteiger partial charge in [-0.25, -0.2) is 18.2 Å². The number of benzene rings is 4. The molecule has 0 saturated heterocycles. The number of carbonyl (C=O) groups is 1. The van der Waals surface area contributed by atoms with Crippen LogP contribution in [0.25, 0.3) is 22.4 Å². The summed E-state index contributed by atoms with van der Waals surface area (Å²) < 4.78 is 33.5. The van der Waals surface area contributed by atoms with Crippen LogP contribution >= 0.6 is 23.2 Å². The molecule has 0 saturated carbocycles. The van der Waals surface area contributed by atoms with Crippen molar-refractivity contribution in [3.05, 3.63) is 130 Å². The van der Waals surface area contributed by atoms with Crippen LogP contribution in [0.15, 0.2) is 97.2 Å². The number of ether oxygens (including phenoxy) is 1. The Balaban J connectivity index is 1.42. The van der Waals surface area contributed by atoms with Crippen molar-refractivity contribution in [2.45, 2.75) is 19.9 Å². The molecule has 10 heteroatoms. The molecule has 0 fully saturated rings. The van der Waals surface area contributed by atoms with Crippen LogP contribution in [0.2, 0.25) is 10.0 Å². The third kappa shape index (κ3) is 7.46. The van der Waals surface area contributed by atoms with Crippen molar-refractivity contribution in [2.75, 3.05) is 17.6 Å². The van der Waals surface area contributed by atoms with Crippen LogP contribution in [0.4, 0.5) is 5.69 Å². The average molecular weight is 635 g/mol. The van der Waals surface area contributed by atoms with E-state index in [2.05, 4.69) is 9.29 Å². The van der Waals surface area contributed by atoms with Gasteiger partial charge in [0.05, 0.1) is 29.1 Å². The number of rotatable bonds is 10. The van der Waals surface area contributed by atoms with Gasteiger partial charge >= 0.3 is 5.97 Å². The molecule has 5 rings (SSSR count). The molecular weight excluding hydrogens is 605 g/mol. The summed E-state index contributed by atoms with van der Waals surface area (Å²) in [7, 11) is -2.01. The summed E-state index contributed by atoms with van der Waals surface area (Å²) in [5.74, 6) is 0.459. The Labute approximate surface area is 261 Å². The van der Waals surface area contributed by atoms with Gasteiger partial charge in [-0.2, -0.15) is 0 Å². The third-order valence-electron chi connectivity index (χ3n) is 6.96. The van der Waals surface area contributed by atoms with Crippen molar-refractivity contribution in [3.8, 4) is 22.4 Å². The van der Waals surface area contributed by atoms with Gasteiger partial charge in [0.25, 0.3) is 0 Å². The lowest BCUT2D eigenvalue weighted by Crippen LogP contribution is -2.14. The van der Waals surface area contributed by atoms with E-state index in [0.717, 1.165) is 39.3 Å². The first-order valence-electron chi connectivity index (χ1n) is 13.5. The van der Waals surface area contributed by atoms with Crippen LogP contribution in [0.5, 0.6) is 0 Å². The zero-order chi connectivity index (χ0) is 30.6. The van der Waals surface area contributed by atoms with E-state index in [1.807, 2.05) is 66.9 Å². The Morgan fingerprint density at radius 2 is 1.63 bits per heavy atom. The number of esters is 1. The van der Waals surface area contributed by atoms with Gasteiger partial charge < -0.3 is 9.30 Å². The normalized spacial score (nSPS) is 11.3. The number of anilines is 1. The largest absolute Gasteiger partial charge is 0.465 e. The van der Waals surface area contributed by atoms with Gasteiger partial charge in [0.15, 0.2) is 0 Å². The fourth-order valence-electron chi connectivity index (χ4n) is 4.63. The van der Waals surface area contributed by atoms with Crippen molar-refractivity contribution < 1.29 is 17.9 Å². The van der Waals surface area contributed by atoms with Gasteiger partial charge in [0.1, 0.15) is 5.82 Å². The molecule has 0 amide bonds. The van der Waals surface area contributed by atoms with Crippen molar-refractivity contribution in [1.29, 1.82) is 0 Å². The second-order valence-electron chi connectivity index (χ2n) is 9.94. The van der Waals surface area contributed by atoms with Crippen LogP contribution in [0.3, 0.4) is 0 Å². The number of carbonyl (C=O) groups excluding carboxylic acids is 1. The molecule has 0 aliphatic heterocycles. The number of hydrogen-bond acceptors (Lipinski definition) is 5. The number of hydrogen-bond donors (Lipinski definition) is 1. The van der Waals surface area contributed by atoms with E-state index in [1.165, 1.54) is 7.11 Å². The van der Waals surface area contributed by atoms with Gasteiger partial charge in [-0.05, 0) is 71.6 Å². The van der Waals surface area contributed by atoms with E-state index >= 15 is 0 Å². The lowest BCUT2D eigenvalue weighted by atomic mass is 10.0. The fourth-order valence-corrected chi connectivity index (χ4v) is 5.77. The van der Waals surface area contributed by atoms with Crippen LogP contribution in [-0.4, -0.2) is 36.8 Å². The molecule has 0 unspecified atom stereocenters. The van der Waals surface area contributed by atoms with Crippen molar-refractivity contribution in [3.63, 3.8) is 0 Å². The molecule has 1 aromatic heterocycles. The van der Waals surface area contributed by atoms with Crippen LogP contribution in [-0.2, 0) is 27.7 Å². The summed E-state index contributed by atoms with van der Waals surface area (Å²) in [5.41, 5.74) is 6.43. The monoisotopic (exact) mass is 633 g/mol. The molecule has 0 radical (unpaired) electrons. The summed E-state index contributed by atoms with van der Waals surface area (Å²) in [5, 5.41) is 1.06. The quantitative estimate of drug-likeness (QED) is 0.159. The smallest absolute Gasteiger partial charge is 0.337 e. The lowest BCUT2D eigenvalue weighted by Gasteiger charge is -2.10. The number of nitrogens with zero attached hydrogens (tertiary/aromatic N) is 2. The van der Waals surface area contributed by atoms with Crippen LogP contribution < -0.4 is 4.72 Å². The average Bonchev–Trinajstić information content (AvgIpc) is 3.38. The van der Waals surface area contributed by atoms with E-state index in [4.69, 9.17) is 32.9 Å². The summed E-state index contributed by atoms with van der Waals surface area (Å²) in [6.07, 6.45) is 2.53. The molecule has 0 spiro atoms. The van der Waals surface area contributed by atoms with E-state index in [1.54, 1.807) is 37.3 Å². The van der Waals surface area contributed by atoms with Gasteiger partial charge in [0.2, 0.25) is 10.0 Å². The molecule has 0 atom stereocenters. The van der Waals surface area contributed by atoms with E-state index in [-0.39, 0.29) is 11.7 Å². The predicted octanol–water partition coefficient (Wildman–Crippen LogP) is 7.71. The molecular formula is C33H29Cl2N3O4S. The van der Waals surface area contributed by atoms with E-state index < -0.39 is 10.0 Å². The molecule has 5 aromatic rings. The van der Waals surface area contributed by atoms with Gasteiger partial charge in [0, 0.05) is 35.4 Å². The summed E-state index contributed by atoms with van der Waals surface area (Å²) >= 11 is 12.7. The number of halogens is 2. The summed E-state index contributed by atoms with van der Waals surface area (Å²) in [6, 6.07) is 28.1. The highest BCUT2D eigenvalue weighted by molar-refractivity contribution is 7.92. The van der Waals surface area contributed by atoms with E-state index in [0.29, 0.717) is 34.3 Å². The predicted molar refractivity (Wildman–Crippen MR) is 172 cm³/mol. The Hall–Kier alpha value is -4.11. The highest BCUT2D eigenvalue weighted by Crippen LogP contribution is 2.31. The maximum atomic E-state index is 12.0. The molecule has 1 N–H and O–H groups in total. The summed E-state index contributed by atoms with van der Waals surface area (Å²) in [6.45, 7) is 2.14. The maximum absolute atomic E-state index is 12.0. The number of nitrogens with one attached hydrogen (secondary N) is 1. The number of imidazole rings is 1. The molecule has 0 bridgehead atoms. The topological polar surface area (TPSA) is 90.3 Å². The lowest BCUT2D eigenvalue weighted by molar-refractivity contribution is 0.0600. The van der Waals surface area contributed by atoms with Crippen LogP contribution in [0.1, 0.15) is 34.2 Å². The second-order valence-corrected chi connectivity index (χ2v) is 12.8. The first-order valence-corrected chi connectivity index (χ1v) is 15.9. The van der Waals surface area contributed by atoms with Gasteiger partial charge in [-0.3, -0.25) is 4.72 Å².